The molecule has 1 aliphatic rings. The van der Waals surface area contributed by atoms with Crippen LogP contribution < -0.4 is 4.74 Å². The first-order valence-corrected chi connectivity index (χ1v) is 8.88. The summed E-state index contributed by atoms with van der Waals surface area (Å²) >= 11 is 0.282. The summed E-state index contributed by atoms with van der Waals surface area (Å²) in [6.45, 7) is 8.39. The van der Waals surface area contributed by atoms with Crippen molar-refractivity contribution in [2.75, 3.05) is 13.2 Å². The molecule has 0 bridgehead atoms. The fourth-order valence-electron chi connectivity index (χ4n) is 3.19. The zero-order chi connectivity index (χ0) is 18.8. The zero-order valence-electron chi connectivity index (χ0n) is 14.7. The van der Waals surface area contributed by atoms with Crippen molar-refractivity contribution in [1.29, 1.82) is 0 Å². The van der Waals surface area contributed by atoms with Crippen molar-refractivity contribution in [1.82, 2.24) is 15.1 Å². The van der Waals surface area contributed by atoms with Crippen molar-refractivity contribution < 1.29 is 22.7 Å². The second kappa shape index (κ2) is 7.31. The van der Waals surface area contributed by atoms with Gasteiger partial charge in [0.15, 0.2) is 6.61 Å². The van der Waals surface area contributed by atoms with Crippen molar-refractivity contribution >= 4 is 17.2 Å². The van der Waals surface area contributed by atoms with Crippen LogP contribution in [0.5, 0.6) is 5.19 Å². The molecule has 1 amide bonds. The molecule has 0 spiro atoms. The van der Waals surface area contributed by atoms with E-state index in [0.29, 0.717) is 12.5 Å². The van der Waals surface area contributed by atoms with E-state index in [2.05, 4.69) is 37.0 Å². The summed E-state index contributed by atoms with van der Waals surface area (Å²) in [5.41, 5.74) is 1.03. The number of nitrogens with zero attached hydrogens (tertiary/aromatic N) is 3. The van der Waals surface area contributed by atoms with Crippen LogP contribution in [0, 0.1) is 11.3 Å². The van der Waals surface area contributed by atoms with Crippen molar-refractivity contribution in [2.24, 2.45) is 11.3 Å². The van der Waals surface area contributed by atoms with E-state index in [1.54, 1.807) is 4.90 Å². The summed E-state index contributed by atoms with van der Waals surface area (Å²) in [7, 11) is 0. The molecule has 0 fully saturated rings. The minimum absolute atomic E-state index is 0.0961. The molecule has 1 aliphatic carbocycles. The highest BCUT2D eigenvalue weighted by molar-refractivity contribution is 7.13. The van der Waals surface area contributed by atoms with Gasteiger partial charge in [-0.25, -0.2) is 0 Å². The Morgan fingerprint density at radius 3 is 2.64 bits per heavy atom. The number of alkyl halides is 3. The van der Waals surface area contributed by atoms with Crippen LogP contribution in [0.1, 0.15) is 45.5 Å². The van der Waals surface area contributed by atoms with E-state index in [1.165, 1.54) is 0 Å². The number of likely N-dealkylation sites (N-methyl/N-ethyl adjacent to an activating group) is 1. The molecule has 1 aromatic rings. The van der Waals surface area contributed by atoms with Gasteiger partial charge >= 0.3 is 6.18 Å². The Hall–Kier alpha value is -1.64. The van der Waals surface area contributed by atoms with Gasteiger partial charge in [0.2, 0.25) is 5.01 Å². The Morgan fingerprint density at radius 2 is 2.12 bits per heavy atom. The Labute approximate surface area is 148 Å². The monoisotopic (exact) mass is 377 g/mol. The second-order valence-electron chi connectivity index (χ2n) is 6.98. The van der Waals surface area contributed by atoms with Gasteiger partial charge in [-0.3, -0.25) is 4.79 Å². The number of amides is 1. The highest BCUT2D eigenvalue weighted by atomic mass is 32.1. The first-order chi connectivity index (χ1) is 11.5. The smallest absolute Gasteiger partial charge is 0.445 e. The van der Waals surface area contributed by atoms with E-state index in [0.717, 1.165) is 18.5 Å². The predicted molar refractivity (Wildman–Crippen MR) is 88.1 cm³/mol. The fraction of sp³-hybridized carbons (Fsp3) is 0.688. The Bertz CT molecular complexity index is 655. The van der Waals surface area contributed by atoms with E-state index < -0.39 is 11.2 Å². The van der Waals surface area contributed by atoms with Crippen LogP contribution in [0.4, 0.5) is 13.2 Å². The lowest BCUT2D eigenvalue weighted by molar-refractivity contribution is -0.138. The van der Waals surface area contributed by atoms with Crippen molar-refractivity contribution in [3.05, 3.63) is 16.8 Å². The highest BCUT2D eigenvalue weighted by Gasteiger charge is 2.36. The minimum atomic E-state index is -4.56. The number of allylic oxidation sites excluding steroid dienone is 2. The van der Waals surface area contributed by atoms with Crippen LogP contribution >= 0.6 is 11.3 Å². The van der Waals surface area contributed by atoms with E-state index >= 15 is 0 Å². The van der Waals surface area contributed by atoms with Crippen LogP contribution in [-0.2, 0) is 11.0 Å². The molecular formula is C16H22F3N3O2S. The van der Waals surface area contributed by atoms with Gasteiger partial charge in [-0.15, -0.1) is 5.10 Å². The number of halogens is 3. The van der Waals surface area contributed by atoms with E-state index in [9.17, 15) is 18.0 Å². The van der Waals surface area contributed by atoms with Gasteiger partial charge in [0.1, 0.15) is 0 Å². The Kier molecular flexibility index (Phi) is 5.75. The molecule has 9 heteroatoms. The lowest BCUT2D eigenvalue weighted by atomic mass is 9.75. The quantitative estimate of drug-likeness (QED) is 0.774. The Morgan fingerprint density at radius 1 is 1.44 bits per heavy atom. The first kappa shape index (κ1) is 19.7. The highest BCUT2D eigenvalue weighted by Crippen LogP contribution is 2.39. The molecule has 0 saturated carbocycles. The molecule has 25 heavy (non-hydrogen) atoms. The molecule has 0 aliphatic heterocycles. The van der Waals surface area contributed by atoms with Crippen LogP contribution in [0.15, 0.2) is 11.8 Å². The molecule has 0 aromatic carbocycles. The molecule has 1 heterocycles. The predicted octanol–water partition coefficient (Wildman–Crippen LogP) is 4.12. The lowest BCUT2D eigenvalue weighted by Crippen LogP contribution is -2.37. The van der Waals surface area contributed by atoms with Crippen molar-refractivity contribution in [2.45, 2.75) is 46.7 Å². The minimum Gasteiger partial charge on any atom is -0.459 e. The Balaban J connectivity index is 2.02. The van der Waals surface area contributed by atoms with E-state index in [1.807, 2.05) is 6.92 Å². The molecule has 1 unspecified atom stereocenters. The number of aromatic nitrogens is 2. The maximum Gasteiger partial charge on any atom is 0.445 e. The average Bonchev–Trinajstić information content (AvgIpc) is 2.92. The topological polar surface area (TPSA) is 55.3 Å². The molecule has 2 rings (SSSR count). The largest absolute Gasteiger partial charge is 0.459 e. The van der Waals surface area contributed by atoms with Crippen LogP contribution in [0.2, 0.25) is 0 Å². The van der Waals surface area contributed by atoms with Gasteiger partial charge in [0.05, 0.1) is 0 Å². The van der Waals surface area contributed by atoms with Gasteiger partial charge < -0.3 is 9.64 Å². The molecular weight excluding hydrogens is 355 g/mol. The maximum absolute atomic E-state index is 12.5. The van der Waals surface area contributed by atoms with Gasteiger partial charge in [0, 0.05) is 12.2 Å². The fourth-order valence-corrected chi connectivity index (χ4v) is 3.75. The van der Waals surface area contributed by atoms with Crippen molar-refractivity contribution in [3.8, 4) is 5.19 Å². The summed E-state index contributed by atoms with van der Waals surface area (Å²) in [6, 6.07) is 0. The normalized spacial score (nSPS) is 20.1. The van der Waals surface area contributed by atoms with Gasteiger partial charge in [-0.1, -0.05) is 43.3 Å². The number of rotatable bonds is 5. The summed E-state index contributed by atoms with van der Waals surface area (Å²) in [4.78, 5) is 14.1. The maximum atomic E-state index is 12.5. The van der Waals surface area contributed by atoms with E-state index in [-0.39, 0.29) is 34.5 Å². The molecule has 0 N–H and O–H groups in total. The number of carbonyl (C=O) groups is 1. The van der Waals surface area contributed by atoms with Gasteiger partial charge in [-0.2, -0.15) is 13.2 Å². The van der Waals surface area contributed by atoms with Gasteiger partial charge in [0.25, 0.3) is 11.1 Å². The third-order valence-electron chi connectivity index (χ3n) is 3.94. The number of hydrogen-bond donors (Lipinski definition) is 0. The van der Waals surface area contributed by atoms with Crippen molar-refractivity contribution in [3.63, 3.8) is 0 Å². The third-order valence-corrected chi connectivity index (χ3v) is 4.82. The molecule has 140 valence electrons. The molecule has 1 aromatic heterocycles. The number of carbonyl (C=O) groups excluding carboxylic acids is 1. The number of hydrogen-bond acceptors (Lipinski definition) is 5. The van der Waals surface area contributed by atoms with Crippen LogP contribution in [0.3, 0.4) is 0 Å². The average molecular weight is 377 g/mol. The third kappa shape index (κ3) is 5.17. The summed E-state index contributed by atoms with van der Waals surface area (Å²) in [5.74, 6) is 0.0569. The SMILES string of the molecule is CCN(C(=O)COc1nnc(C(F)(F)F)s1)C1=CC(C)CC(C)(C)C1. The molecule has 5 nitrogen and oxygen atoms in total. The zero-order valence-corrected chi connectivity index (χ0v) is 15.5. The van der Waals surface area contributed by atoms with Gasteiger partial charge in [-0.05, 0) is 31.1 Å². The molecule has 0 radical (unpaired) electrons. The van der Waals surface area contributed by atoms with Crippen LogP contribution in [0.25, 0.3) is 0 Å². The summed E-state index contributed by atoms with van der Waals surface area (Å²) < 4.78 is 42.6. The van der Waals surface area contributed by atoms with E-state index in [4.69, 9.17) is 4.74 Å². The molecule has 0 saturated heterocycles. The lowest BCUT2D eigenvalue weighted by Gasteiger charge is -2.37. The number of ether oxygens (including phenoxy) is 1. The standard InChI is InChI=1S/C16H22F3N3O2S/c1-5-22(11-6-10(2)7-15(3,4)8-11)12(23)9-24-14-21-20-13(25-14)16(17,18)19/h6,10H,5,7-9H2,1-4H3. The second-order valence-corrected chi connectivity index (χ2v) is 7.92. The van der Waals surface area contributed by atoms with Crippen LogP contribution in [-0.4, -0.2) is 34.2 Å². The molecule has 1 atom stereocenters. The summed E-state index contributed by atoms with van der Waals surface area (Å²) in [6.07, 6.45) is -0.662. The first-order valence-electron chi connectivity index (χ1n) is 8.06. The summed E-state index contributed by atoms with van der Waals surface area (Å²) in [5, 5.41) is 5.01.